The van der Waals surface area contributed by atoms with Crippen LogP contribution in [0.25, 0.3) is 0 Å². The Bertz CT molecular complexity index is 459. The SMILES string of the molecule is CCN(CC)C(=O)C1(c2cc(F)cc(F)c2)CCC1. The molecule has 0 atom stereocenters. The van der Waals surface area contributed by atoms with E-state index < -0.39 is 17.0 Å². The lowest BCUT2D eigenvalue weighted by Gasteiger charge is -2.43. The second-order valence-corrected chi connectivity index (χ2v) is 5.07. The molecular weight excluding hydrogens is 248 g/mol. The van der Waals surface area contributed by atoms with Crippen molar-refractivity contribution in [3.63, 3.8) is 0 Å². The molecule has 104 valence electrons. The van der Waals surface area contributed by atoms with Crippen LogP contribution in [0.5, 0.6) is 0 Å². The van der Waals surface area contributed by atoms with Gasteiger partial charge in [-0.25, -0.2) is 8.78 Å². The summed E-state index contributed by atoms with van der Waals surface area (Å²) in [6, 6.07) is 3.44. The van der Waals surface area contributed by atoms with E-state index in [-0.39, 0.29) is 5.91 Å². The third-order valence-electron chi connectivity index (χ3n) is 4.08. The molecule has 1 aliphatic rings. The lowest BCUT2D eigenvalue weighted by Crippen LogP contribution is -2.51. The molecule has 19 heavy (non-hydrogen) atoms. The average Bonchev–Trinajstić information content (AvgIpc) is 2.27. The van der Waals surface area contributed by atoms with Gasteiger partial charge in [-0.3, -0.25) is 4.79 Å². The number of halogens is 2. The highest BCUT2D eigenvalue weighted by Gasteiger charge is 2.47. The topological polar surface area (TPSA) is 20.3 Å². The zero-order chi connectivity index (χ0) is 14.0. The van der Waals surface area contributed by atoms with Crippen LogP contribution in [-0.2, 0) is 10.2 Å². The number of carbonyl (C=O) groups excluding carboxylic acids is 1. The Kier molecular flexibility index (Phi) is 3.88. The summed E-state index contributed by atoms with van der Waals surface area (Å²) >= 11 is 0. The van der Waals surface area contributed by atoms with Crippen molar-refractivity contribution in [2.24, 2.45) is 0 Å². The van der Waals surface area contributed by atoms with Gasteiger partial charge in [0.15, 0.2) is 0 Å². The molecule has 1 saturated carbocycles. The Labute approximate surface area is 112 Å². The Morgan fingerprint density at radius 1 is 1.16 bits per heavy atom. The van der Waals surface area contributed by atoms with Gasteiger partial charge < -0.3 is 4.90 Å². The van der Waals surface area contributed by atoms with Crippen LogP contribution in [0.1, 0.15) is 38.7 Å². The fraction of sp³-hybridized carbons (Fsp3) is 0.533. The third kappa shape index (κ3) is 2.36. The maximum atomic E-state index is 13.4. The van der Waals surface area contributed by atoms with Gasteiger partial charge in [-0.2, -0.15) is 0 Å². The smallest absolute Gasteiger partial charge is 0.233 e. The molecule has 1 aliphatic carbocycles. The molecule has 0 aliphatic heterocycles. The number of likely N-dealkylation sites (N-methyl/N-ethyl adjacent to an activating group) is 1. The number of nitrogens with zero attached hydrogens (tertiary/aromatic N) is 1. The first-order valence-electron chi connectivity index (χ1n) is 6.79. The fourth-order valence-corrected chi connectivity index (χ4v) is 2.80. The van der Waals surface area contributed by atoms with E-state index in [1.165, 1.54) is 12.1 Å². The van der Waals surface area contributed by atoms with Crippen molar-refractivity contribution in [2.45, 2.75) is 38.5 Å². The number of hydrogen-bond acceptors (Lipinski definition) is 1. The minimum absolute atomic E-state index is 0.00579. The summed E-state index contributed by atoms with van der Waals surface area (Å²) in [5, 5.41) is 0. The molecule has 1 amide bonds. The molecule has 0 unspecified atom stereocenters. The molecule has 1 aromatic rings. The van der Waals surface area contributed by atoms with Crippen molar-refractivity contribution in [3.05, 3.63) is 35.4 Å². The van der Waals surface area contributed by atoms with E-state index in [9.17, 15) is 13.6 Å². The van der Waals surface area contributed by atoms with E-state index in [1.807, 2.05) is 13.8 Å². The summed E-state index contributed by atoms with van der Waals surface area (Å²) in [5.74, 6) is -1.24. The second-order valence-electron chi connectivity index (χ2n) is 5.07. The number of benzene rings is 1. The highest BCUT2D eigenvalue weighted by molar-refractivity contribution is 5.89. The van der Waals surface area contributed by atoms with Gasteiger partial charge >= 0.3 is 0 Å². The molecule has 0 N–H and O–H groups in total. The van der Waals surface area contributed by atoms with Crippen molar-refractivity contribution in [2.75, 3.05) is 13.1 Å². The number of carbonyl (C=O) groups is 1. The van der Waals surface area contributed by atoms with Crippen LogP contribution in [0, 0.1) is 11.6 Å². The van der Waals surface area contributed by atoms with Crippen LogP contribution in [0.3, 0.4) is 0 Å². The van der Waals surface area contributed by atoms with E-state index >= 15 is 0 Å². The largest absolute Gasteiger partial charge is 0.342 e. The van der Waals surface area contributed by atoms with Crippen LogP contribution in [0.15, 0.2) is 18.2 Å². The summed E-state index contributed by atoms with van der Waals surface area (Å²) in [4.78, 5) is 14.4. The van der Waals surface area contributed by atoms with E-state index in [2.05, 4.69) is 0 Å². The molecule has 0 radical (unpaired) electrons. The number of rotatable bonds is 4. The third-order valence-corrected chi connectivity index (χ3v) is 4.08. The Morgan fingerprint density at radius 2 is 1.68 bits per heavy atom. The van der Waals surface area contributed by atoms with Gasteiger partial charge in [-0.05, 0) is 44.4 Å². The average molecular weight is 267 g/mol. The lowest BCUT2D eigenvalue weighted by atomic mass is 9.63. The van der Waals surface area contributed by atoms with E-state index in [1.54, 1.807) is 4.90 Å². The van der Waals surface area contributed by atoms with Crippen molar-refractivity contribution in [1.29, 1.82) is 0 Å². The summed E-state index contributed by atoms with van der Waals surface area (Å²) in [6.07, 6.45) is 2.27. The van der Waals surface area contributed by atoms with Gasteiger partial charge in [0.05, 0.1) is 5.41 Å². The quantitative estimate of drug-likeness (QED) is 0.820. The molecule has 1 aromatic carbocycles. The number of amides is 1. The molecule has 0 aromatic heterocycles. The first-order valence-corrected chi connectivity index (χ1v) is 6.79. The predicted octanol–water partition coefficient (Wildman–Crippen LogP) is 3.25. The molecular formula is C15H19F2NO. The van der Waals surface area contributed by atoms with Crippen LogP contribution in [0.2, 0.25) is 0 Å². The molecule has 1 fully saturated rings. The molecule has 2 rings (SSSR count). The van der Waals surface area contributed by atoms with Gasteiger partial charge in [-0.15, -0.1) is 0 Å². The fourth-order valence-electron chi connectivity index (χ4n) is 2.80. The zero-order valence-corrected chi connectivity index (χ0v) is 11.4. The van der Waals surface area contributed by atoms with Gasteiger partial charge in [0.2, 0.25) is 5.91 Å². The van der Waals surface area contributed by atoms with Crippen molar-refractivity contribution in [3.8, 4) is 0 Å². The van der Waals surface area contributed by atoms with E-state index in [4.69, 9.17) is 0 Å². The summed E-state index contributed by atoms with van der Waals surface area (Å²) in [6.45, 7) is 5.07. The van der Waals surface area contributed by atoms with E-state index in [0.717, 1.165) is 12.5 Å². The maximum Gasteiger partial charge on any atom is 0.233 e. The van der Waals surface area contributed by atoms with E-state index in [0.29, 0.717) is 31.5 Å². The maximum absolute atomic E-state index is 13.4. The highest BCUT2D eigenvalue weighted by atomic mass is 19.1. The zero-order valence-electron chi connectivity index (χ0n) is 11.4. The van der Waals surface area contributed by atoms with Gasteiger partial charge in [0.1, 0.15) is 11.6 Å². The van der Waals surface area contributed by atoms with Gasteiger partial charge in [-0.1, -0.05) is 6.42 Å². The first kappa shape index (κ1) is 14.0. The Hall–Kier alpha value is -1.45. The Morgan fingerprint density at radius 3 is 2.05 bits per heavy atom. The molecule has 0 bridgehead atoms. The van der Waals surface area contributed by atoms with Crippen molar-refractivity contribution >= 4 is 5.91 Å². The lowest BCUT2D eigenvalue weighted by molar-refractivity contribution is -0.140. The molecule has 0 heterocycles. The second kappa shape index (κ2) is 5.27. The predicted molar refractivity (Wildman–Crippen MR) is 69.8 cm³/mol. The molecule has 4 heteroatoms. The Balaban J connectivity index is 2.39. The standard InChI is InChI=1S/C15H19F2NO/c1-3-18(4-2)14(19)15(6-5-7-15)11-8-12(16)10-13(17)9-11/h8-10H,3-7H2,1-2H3. The van der Waals surface area contributed by atoms with Gasteiger partial charge in [0.25, 0.3) is 0 Å². The van der Waals surface area contributed by atoms with Crippen molar-refractivity contribution < 1.29 is 13.6 Å². The number of hydrogen-bond donors (Lipinski definition) is 0. The highest BCUT2D eigenvalue weighted by Crippen LogP contribution is 2.45. The minimum Gasteiger partial charge on any atom is -0.342 e. The van der Waals surface area contributed by atoms with Crippen molar-refractivity contribution in [1.82, 2.24) is 4.90 Å². The monoisotopic (exact) mass is 267 g/mol. The normalized spacial score (nSPS) is 16.8. The summed E-state index contributed by atoms with van der Waals surface area (Å²) in [7, 11) is 0. The molecule has 2 nitrogen and oxygen atoms in total. The summed E-state index contributed by atoms with van der Waals surface area (Å²) < 4.78 is 26.8. The van der Waals surface area contributed by atoms with Gasteiger partial charge in [0, 0.05) is 19.2 Å². The first-order chi connectivity index (χ1) is 9.03. The van der Waals surface area contributed by atoms with Crippen LogP contribution < -0.4 is 0 Å². The van der Waals surface area contributed by atoms with Crippen LogP contribution in [0.4, 0.5) is 8.78 Å². The van der Waals surface area contributed by atoms with Crippen LogP contribution >= 0.6 is 0 Å². The summed E-state index contributed by atoms with van der Waals surface area (Å²) in [5.41, 5.74) is -0.234. The van der Waals surface area contributed by atoms with Crippen LogP contribution in [-0.4, -0.2) is 23.9 Å². The molecule has 0 spiro atoms. The minimum atomic E-state index is -0.713. The molecule has 0 saturated heterocycles.